The van der Waals surface area contributed by atoms with Crippen LogP contribution >= 0.6 is 11.8 Å². The number of nitriles is 1. The van der Waals surface area contributed by atoms with E-state index in [-0.39, 0.29) is 5.41 Å². The van der Waals surface area contributed by atoms with E-state index in [1.165, 1.54) is 37.6 Å². The Kier molecular flexibility index (Phi) is 7.11. The fourth-order valence-corrected chi connectivity index (χ4v) is 8.25. The van der Waals surface area contributed by atoms with Gasteiger partial charge in [-0.1, -0.05) is 129 Å². The molecule has 5 aromatic carbocycles. The van der Waals surface area contributed by atoms with Crippen LogP contribution in [0.2, 0.25) is 0 Å². The summed E-state index contributed by atoms with van der Waals surface area (Å²) in [7, 11) is 0. The molecule has 0 amide bonds. The lowest BCUT2D eigenvalue weighted by Gasteiger charge is -2.44. The average Bonchev–Trinajstić information content (AvgIpc) is 3.08. The van der Waals surface area contributed by atoms with Crippen LogP contribution in [0.5, 0.6) is 0 Å². The molecule has 2 aliphatic heterocycles. The number of anilines is 2. The van der Waals surface area contributed by atoms with Gasteiger partial charge in [-0.15, -0.1) is 0 Å². The first-order chi connectivity index (χ1) is 21.9. The van der Waals surface area contributed by atoms with Gasteiger partial charge in [0.1, 0.15) is 0 Å². The standard InChI is InChI=1S/C42H34N2S/c1-29(42(32-14-6-5-7-15-32)35-17-9-12-20-39(35)45-40-21-13-10-18-36(40)42)22-27-37-30(2)41(3,4)34-16-8-11-19-38(34)44(37)33-25-23-31(28-43)24-26-33/h5-27H,2H2,1,3-4H3/b29-22+,37-27+. The summed E-state index contributed by atoms with van der Waals surface area (Å²) in [6.07, 6.45) is 4.56. The van der Waals surface area contributed by atoms with Crippen LogP contribution in [0.25, 0.3) is 0 Å². The molecule has 0 radical (unpaired) electrons. The zero-order valence-corrected chi connectivity index (χ0v) is 26.6. The number of rotatable bonds is 4. The normalized spacial score (nSPS) is 17.2. The molecule has 0 unspecified atom stereocenters. The third-order valence-electron chi connectivity index (χ3n) is 9.47. The maximum absolute atomic E-state index is 9.49. The molecule has 0 fully saturated rings. The maximum atomic E-state index is 9.49. The Balaban J connectivity index is 1.49. The highest BCUT2D eigenvalue weighted by Crippen LogP contribution is 2.56. The summed E-state index contributed by atoms with van der Waals surface area (Å²) < 4.78 is 0. The highest BCUT2D eigenvalue weighted by molar-refractivity contribution is 7.99. The lowest BCUT2D eigenvalue weighted by molar-refractivity contribution is 0.615. The van der Waals surface area contributed by atoms with Crippen molar-refractivity contribution in [3.63, 3.8) is 0 Å². The van der Waals surface area contributed by atoms with Crippen molar-refractivity contribution in [3.8, 4) is 6.07 Å². The molecule has 3 heteroatoms. The van der Waals surface area contributed by atoms with Crippen molar-refractivity contribution in [2.24, 2.45) is 0 Å². The summed E-state index contributed by atoms with van der Waals surface area (Å²) in [5.74, 6) is 0. The molecule has 0 saturated carbocycles. The second-order valence-corrected chi connectivity index (χ2v) is 13.3. The van der Waals surface area contributed by atoms with Crippen LogP contribution < -0.4 is 4.90 Å². The smallest absolute Gasteiger partial charge is 0.0991 e. The average molecular weight is 599 g/mol. The predicted octanol–water partition coefficient (Wildman–Crippen LogP) is 10.9. The minimum absolute atomic E-state index is 0.273. The Morgan fingerprint density at radius 1 is 0.733 bits per heavy atom. The highest BCUT2D eigenvalue weighted by Gasteiger charge is 2.44. The second kappa shape index (κ2) is 11.1. The van der Waals surface area contributed by atoms with Crippen molar-refractivity contribution in [1.29, 1.82) is 5.26 Å². The number of hydrogen-bond donors (Lipinski definition) is 0. The van der Waals surface area contributed by atoms with E-state index in [4.69, 9.17) is 6.58 Å². The van der Waals surface area contributed by atoms with E-state index in [0.29, 0.717) is 5.56 Å². The molecule has 5 aromatic rings. The number of allylic oxidation sites excluding steroid dienone is 4. The van der Waals surface area contributed by atoms with Crippen LogP contribution in [0.1, 0.15) is 48.6 Å². The molecule has 0 spiro atoms. The van der Waals surface area contributed by atoms with Crippen molar-refractivity contribution in [2.45, 2.75) is 41.4 Å². The van der Waals surface area contributed by atoms with Crippen molar-refractivity contribution in [3.05, 3.63) is 191 Å². The number of para-hydroxylation sites is 1. The van der Waals surface area contributed by atoms with Crippen LogP contribution in [0, 0.1) is 11.3 Å². The summed E-state index contributed by atoms with van der Waals surface area (Å²) >= 11 is 1.85. The minimum atomic E-state index is -0.473. The molecule has 2 heterocycles. The molecule has 2 aliphatic rings. The topological polar surface area (TPSA) is 27.0 Å². The number of fused-ring (bicyclic) bond motifs is 3. The highest BCUT2D eigenvalue weighted by atomic mass is 32.2. The van der Waals surface area contributed by atoms with Crippen molar-refractivity contribution < 1.29 is 0 Å². The number of benzene rings is 5. The van der Waals surface area contributed by atoms with Gasteiger partial charge in [0.25, 0.3) is 0 Å². The van der Waals surface area contributed by atoms with Gasteiger partial charge in [0.05, 0.1) is 22.7 Å². The molecule has 0 bridgehead atoms. The summed E-state index contributed by atoms with van der Waals surface area (Å²) in [6, 6.07) is 47.2. The Labute approximate surface area is 270 Å². The van der Waals surface area contributed by atoms with Crippen molar-refractivity contribution in [2.75, 3.05) is 4.90 Å². The van der Waals surface area contributed by atoms with Crippen LogP contribution in [-0.2, 0) is 10.8 Å². The summed E-state index contributed by atoms with van der Waals surface area (Å²) in [5.41, 5.74) is 10.4. The van der Waals surface area contributed by atoms with Gasteiger partial charge < -0.3 is 4.90 Å². The molecular formula is C42H34N2S. The molecule has 7 rings (SSSR count). The fourth-order valence-electron chi connectivity index (χ4n) is 7.06. The van der Waals surface area contributed by atoms with Gasteiger partial charge in [-0.2, -0.15) is 5.26 Å². The molecule has 45 heavy (non-hydrogen) atoms. The first-order valence-corrected chi connectivity index (χ1v) is 16.1. The SMILES string of the molecule is C=C1/C(=C\C=C(/C)C2(c3ccccc3)c3ccccc3Sc3ccccc32)N(c2ccc(C#N)cc2)c2ccccc2C1(C)C. The minimum Gasteiger partial charge on any atom is -0.310 e. The van der Waals surface area contributed by atoms with Crippen LogP contribution in [0.3, 0.4) is 0 Å². The quantitative estimate of drug-likeness (QED) is 0.206. The fraction of sp³-hybridized carbons (Fsp3) is 0.119. The van der Waals surface area contributed by atoms with E-state index >= 15 is 0 Å². The summed E-state index contributed by atoms with van der Waals surface area (Å²) in [6.45, 7) is 11.5. The van der Waals surface area contributed by atoms with Gasteiger partial charge in [-0.3, -0.25) is 0 Å². The zero-order chi connectivity index (χ0) is 31.2. The molecule has 0 saturated heterocycles. The van der Waals surface area contributed by atoms with Gasteiger partial charge in [0.2, 0.25) is 0 Å². The van der Waals surface area contributed by atoms with Gasteiger partial charge in [0, 0.05) is 26.6 Å². The first kappa shape index (κ1) is 28.7. The van der Waals surface area contributed by atoms with Gasteiger partial charge >= 0.3 is 0 Å². The van der Waals surface area contributed by atoms with Crippen LogP contribution in [0.4, 0.5) is 11.4 Å². The Bertz CT molecular complexity index is 2000. The molecule has 0 aromatic heterocycles. The first-order valence-electron chi connectivity index (χ1n) is 15.3. The van der Waals surface area contributed by atoms with E-state index in [2.05, 4.69) is 147 Å². The van der Waals surface area contributed by atoms with Gasteiger partial charge in [-0.25, -0.2) is 0 Å². The molecular weight excluding hydrogens is 565 g/mol. The van der Waals surface area contributed by atoms with Gasteiger partial charge in [0.15, 0.2) is 0 Å². The largest absolute Gasteiger partial charge is 0.310 e. The second-order valence-electron chi connectivity index (χ2n) is 12.2. The van der Waals surface area contributed by atoms with Crippen LogP contribution in [-0.4, -0.2) is 0 Å². The number of nitrogens with zero attached hydrogens (tertiary/aromatic N) is 2. The lowest BCUT2D eigenvalue weighted by atomic mass is 9.64. The van der Waals surface area contributed by atoms with E-state index in [1.807, 2.05) is 36.0 Å². The maximum Gasteiger partial charge on any atom is 0.0991 e. The van der Waals surface area contributed by atoms with Crippen molar-refractivity contribution in [1.82, 2.24) is 0 Å². The van der Waals surface area contributed by atoms with E-state index < -0.39 is 5.41 Å². The third-order valence-corrected chi connectivity index (χ3v) is 10.6. The lowest BCUT2D eigenvalue weighted by Crippen LogP contribution is -2.35. The van der Waals surface area contributed by atoms with E-state index in [1.54, 1.807) is 0 Å². The number of hydrogen-bond acceptors (Lipinski definition) is 3. The Hall–Kier alpha value is -5.04. The molecule has 0 atom stereocenters. The Morgan fingerprint density at radius 3 is 1.91 bits per heavy atom. The summed E-state index contributed by atoms with van der Waals surface area (Å²) in [5, 5.41) is 9.49. The van der Waals surface area contributed by atoms with Crippen LogP contribution in [0.15, 0.2) is 173 Å². The predicted molar refractivity (Wildman–Crippen MR) is 187 cm³/mol. The third kappa shape index (κ3) is 4.48. The molecule has 0 aliphatic carbocycles. The summed E-state index contributed by atoms with van der Waals surface area (Å²) in [4.78, 5) is 4.84. The van der Waals surface area contributed by atoms with E-state index in [0.717, 1.165) is 22.6 Å². The van der Waals surface area contributed by atoms with Crippen molar-refractivity contribution >= 4 is 23.1 Å². The molecule has 0 N–H and O–H groups in total. The zero-order valence-electron chi connectivity index (χ0n) is 25.8. The molecule has 218 valence electrons. The van der Waals surface area contributed by atoms with Gasteiger partial charge in [-0.05, 0) is 83.3 Å². The van der Waals surface area contributed by atoms with E-state index in [9.17, 15) is 5.26 Å². The molecule has 2 nitrogen and oxygen atoms in total. The monoisotopic (exact) mass is 598 g/mol. The Morgan fingerprint density at radius 2 is 1.29 bits per heavy atom.